The summed E-state index contributed by atoms with van der Waals surface area (Å²) in [6.45, 7) is 2.89. The number of nitrogens with zero attached hydrogens (tertiary/aromatic N) is 6. The van der Waals surface area contributed by atoms with Gasteiger partial charge in [-0.25, -0.2) is 15.1 Å². The third-order valence-electron chi connectivity index (χ3n) is 7.01. The van der Waals surface area contributed by atoms with Crippen molar-refractivity contribution in [3.8, 4) is 28.4 Å². The molecule has 42 heavy (non-hydrogen) atoms. The maximum absolute atomic E-state index is 13.9. The predicted molar refractivity (Wildman–Crippen MR) is 165 cm³/mol. The average molecular weight is 580 g/mol. The van der Waals surface area contributed by atoms with Gasteiger partial charge in [0.2, 0.25) is 5.88 Å². The smallest absolute Gasteiger partial charge is 0.261 e. The molecule has 0 saturated heterocycles. The van der Waals surface area contributed by atoms with E-state index in [2.05, 4.69) is 56.8 Å². The zero-order valence-corrected chi connectivity index (χ0v) is 23.9. The van der Waals surface area contributed by atoms with E-state index < -0.39 is 0 Å². The van der Waals surface area contributed by atoms with Crippen LogP contribution >= 0.6 is 12.4 Å². The molecule has 3 aromatic heterocycles. The second-order valence-corrected chi connectivity index (χ2v) is 9.82. The highest BCUT2D eigenvalue weighted by molar-refractivity contribution is 5.85. The molecular formula is C32H30ClN7O2. The molecular weight excluding hydrogens is 550 g/mol. The van der Waals surface area contributed by atoms with E-state index in [4.69, 9.17) is 9.72 Å². The summed E-state index contributed by atoms with van der Waals surface area (Å²) >= 11 is 0. The third-order valence-corrected chi connectivity index (χ3v) is 7.01. The van der Waals surface area contributed by atoms with Gasteiger partial charge in [0, 0.05) is 24.2 Å². The van der Waals surface area contributed by atoms with E-state index in [9.17, 15) is 4.79 Å². The predicted octanol–water partition coefficient (Wildman–Crippen LogP) is 6.03. The maximum Gasteiger partial charge on any atom is 0.261 e. The minimum atomic E-state index is -0.0481. The summed E-state index contributed by atoms with van der Waals surface area (Å²) in [7, 11) is 0. The second-order valence-electron chi connectivity index (χ2n) is 9.82. The van der Waals surface area contributed by atoms with Gasteiger partial charge in [-0.15, -0.1) is 17.5 Å². The Morgan fingerprint density at radius 3 is 2.43 bits per heavy atom. The van der Waals surface area contributed by atoms with E-state index in [0.717, 1.165) is 52.9 Å². The Kier molecular flexibility index (Phi) is 8.99. The minimum Gasteiger partial charge on any atom is -0.473 e. The van der Waals surface area contributed by atoms with E-state index in [1.54, 1.807) is 6.20 Å². The monoisotopic (exact) mass is 579 g/mol. The van der Waals surface area contributed by atoms with E-state index in [1.165, 1.54) is 0 Å². The fraction of sp³-hybridized carbons (Fsp3) is 0.188. The molecule has 0 aliphatic heterocycles. The van der Waals surface area contributed by atoms with Crippen LogP contribution in [0, 0.1) is 0 Å². The van der Waals surface area contributed by atoms with Crippen molar-refractivity contribution in [3.63, 3.8) is 0 Å². The Morgan fingerprint density at radius 1 is 0.905 bits per heavy atom. The quantitative estimate of drug-likeness (QED) is 0.211. The van der Waals surface area contributed by atoms with Crippen LogP contribution in [-0.2, 0) is 19.6 Å². The van der Waals surface area contributed by atoms with Crippen LogP contribution in [0.25, 0.3) is 33.4 Å². The Labute approximate surface area is 249 Å². The SMILES string of the molecule is CCCCc1nc2ccc(COc3ccccn3)cc2c(=O)n1Cc1ccc(-c2ccccc2-c2nnn[nH]2)cc1.Cl. The first kappa shape index (κ1) is 28.6. The number of hydrogen-bond donors (Lipinski definition) is 1. The molecule has 0 aliphatic carbocycles. The van der Waals surface area contributed by atoms with Crippen LogP contribution in [0.3, 0.4) is 0 Å². The van der Waals surface area contributed by atoms with Gasteiger partial charge in [-0.3, -0.25) is 9.36 Å². The van der Waals surface area contributed by atoms with Crippen molar-refractivity contribution in [2.45, 2.75) is 39.3 Å². The molecule has 3 heterocycles. The van der Waals surface area contributed by atoms with Crippen molar-refractivity contribution in [1.82, 2.24) is 35.2 Å². The summed E-state index contributed by atoms with van der Waals surface area (Å²) in [5.74, 6) is 1.96. The van der Waals surface area contributed by atoms with Gasteiger partial charge in [-0.05, 0) is 57.3 Å². The molecule has 0 atom stereocenters. The van der Waals surface area contributed by atoms with Crippen LogP contribution in [0.2, 0.25) is 0 Å². The van der Waals surface area contributed by atoms with Crippen molar-refractivity contribution in [2.75, 3.05) is 0 Å². The number of tetrazole rings is 1. The molecule has 10 heteroatoms. The van der Waals surface area contributed by atoms with Crippen LogP contribution in [0.1, 0.15) is 36.7 Å². The number of unbranched alkanes of at least 4 members (excludes halogenated alkanes) is 1. The van der Waals surface area contributed by atoms with Gasteiger partial charge >= 0.3 is 0 Å². The van der Waals surface area contributed by atoms with E-state index in [1.807, 2.05) is 65.2 Å². The van der Waals surface area contributed by atoms with E-state index in [0.29, 0.717) is 35.8 Å². The number of hydrogen-bond acceptors (Lipinski definition) is 7. The number of rotatable bonds is 10. The molecule has 0 aliphatic rings. The molecule has 3 aromatic carbocycles. The van der Waals surface area contributed by atoms with Gasteiger partial charge in [0.05, 0.1) is 17.4 Å². The molecule has 0 fully saturated rings. The van der Waals surface area contributed by atoms with Gasteiger partial charge in [0.1, 0.15) is 12.4 Å². The van der Waals surface area contributed by atoms with Gasteiger partial charge in [-0.1, -0.05) is 74.0 Å². The number of ether oxygens (including phenoxy) is 1. The maximum atomic E-state index is 13.9. The molecule has 212 valence electrons. The number of pyridine rings is 1. The van der Waals surface area contributed by atoms with Crippen molar-refractivity contribution >= 4 is 23.3 Å². The molecule has 0 radical (unpaired) electrons. The van der Waals surface area contributed by atoms with Crippen LogP contribution in [0.4, 0.5) is 0 Å². The van der Waals surface area contributed by atoms with Gasteiger partial charge < -0.3 is 4.74 Å². The molecule has 9 nitrogen and oxygen atoms in total. The molecule has 0 unspecified atom stereocenters. The fourth-order valence-electron chi connectivity index (χ4n) is 4.87. The lowest BCUT2D eigenvalue weighted by atomic mass is 9.98. The van der Waals surface area contributed by atoms with E-state index >= 15 is 0 Å². The zero-order chi connectivity index (χ0) is 28.0. The second kappa shape index (κ2) is 13.2. The lowest BCUT2D eigenvalue weighted by Crippen LogP contribution is -2.26. The summed E-state index contributed by atoms with van der Waals surface area (Å²) in [6.07, 6.45) is 4.41. The van der Waals surface area contributed by atoms with Gasteiger partial charge in [0.15, 0.2) is 5.82 Å². The topological polar surface area (TPSA) is 111 Å². The summed E-state index contributed by atoms with van der Waals surface area (Å²) in [5, 5.41) is 14.9. The number of aromatic amines is 1. The Morgan fingerprint density at radius 2 is 1.69 bits per heavy atom. The highest BCUT2D eigenvalue weighted by Gasteiger charge is 2.14. The first-order valence-electron chi connectivity index (χ1n) is 13.7. The Balaban J connectivity index is 0.00000353. The van der Waals surface area contributed by atoms with Crippen LogP contribution in [0.5, 0.6) is 5.88 Å². The number of aryl methyl sites for hydroxylation is 1. The summed E-state index contributed by atoms with van der Waals surface area (Å²) in [5.41, 5.74) is 5.54. The van der Waals surface area contributed by atoms with Crippen molar-refractivity contribution in [2.24, 2.45) is 0 Å². The summed E-state index contributed by atoms with van der Waals surface area (Å²) < 4.78 is 7.62. The fourth-order valence-corrected chi connectivity index (χ4v) is 4.87. The van der Waals surface area contributed by atoms with E-state index in [-0.39, 0.29) is 18.0 Å². The molecule has 6 aromatic rings. The number of benzene rings is 3. The summed E-state index contributed by atoms with van der Waals surface area (Å²) in [6, 6.07) is 27.5. The lowest BCUT2D eigenvalue weighted by molar-refractivity contribution is 0.294. The standard InChI is InChI=1S/C32H29N7O2.ClH/c1-2-3-10-29-34-28-17-14-23(21-41-30-11-6-7-18-33-30)19-27(28)32(40)39(29)20-22-12-15-24(16-13-22)25-8-4-5-9-26(25)31-35-37-38-36-31;/h4-9,11-19H,2-3,10,20-21H2,1H3,(H,35,36,37,38);1H. The normalized spacial score (nSPS) is 10.9. The number of aromatic nitrogens is 7. The molecule has 0 amide bonds. The number of nitrogens with one attached hydrogen (secondary N) is 1. The third kappa shape index (κ3) is 6.21. The van der Waals surface area contributed by atoms with Gasteiger partial charge in [-0.2, -0.15) is 0 Å². The lowest BCUT2D eigenvalue weighted by Gasteiger charge is -2.15. The van der Waals surface area contributed by atoms with Crippen LogP contribution in [-0.4, -0.2) is 35.2 Å². The van der Waals surface area contributed by atoms with Crippen LogP contribution in [0.15, 0.2) is 95.9 Å². The molecule has 1 N–H and O–H groups in total. The first-order valence-corrected chi connectivity index (χ1v) is 13.7. The molecule has 0 saturated carbocycles. The molecule has 0 spiro atoms. The van der Waals surface area contributed by atoms with Gasteiger partial charge in [0.25, 0.3) is 5.56 Å². The number of H-pyrrole nitrogens is 1. The number of halogens is 1. The largest absolute Gasteiger partial charge is 0.473 e. The Bertz CT molecular complexity index is 1820. The zero-order valence-electron chi connectivity index (χ0n) is 23.1. The molecule has 0 bridgehead atoms. The first-order chi connectivity index (χ1) is 20.2. The Hall–Kier alpha value is -4.89. The number of fused-ring (bicyclic) bond motifs is 1. The van der Waals surface area contributed by atoms with Crippen LogP contribution < -0.4 is 10.3 Å². The van der Waals surface area contributed by atoms with Crippen molar-refractivity contribution in [3.05, 3.63) is 118 Å². The minimum absolute atomic E-state index is 0. The van der Waals surface area contributed by atoms with Crippen molar-refractivity contribution < 1.29 is 4.74 Å². The van der Waals surface area contributed by atoms with Crippen molar-refractivity contribution in [1.29, 1.82) is 0 Å². The average Bonchev–Trinajstić information content (AvgIpc) is 3.57. The highest BCUT2D eigenvalue weighted by atomic mass is 35.5. The summed E-state index contributed by atoms with van der Waals surface area (Å²) in [4.78, 5) is 23.0. The highest BCUT2D eigenvalue weighted by Crippen LogP contribution is 2.30. The molecule has 6 rings (SSSR count).